The van der Waals surface area contributed by atoms with Crippen LogP contribution in [0.15, 0.2) is 47.1 Å². The van der Waals surface area contributed by atoms with E-state index in [0.29, 0.717) is 17.1 Å². The van der Waals surface area contributed by atoms with Gasteiger partial charge in [0, 0.05) is 30.1 Å². The Morgan fingerprint density at radius 1 is 1.11 bits per heavy atom. The van der Waals surface area contributed by atoms with Crippen molar-refractivity contribution in [2.75, 3.05) is 26.2 Å². The molecule has 1 aliphatic heterocycles. The van der Waals surface area contributed by atoms with Crippen LogP contribution in [0, 0.1) is 0 Å². The van der Waals surface area contributed by atoms with Crippen molar-refractivity contribution in [2.24, 2.45) is 0 Å². The van der Waals surface area contributed by atoms with Crippen LogP contribution in [0.25, 0.3) is 0 Å². The second-order valence-corrected chi connectivity index (χ2v) is 7.03. The molecule has 7 heteroatoms. The van der Waals surface area contributed by atoms with Crippen molar-refractivity contribution in [3.63, 3.8) is 0 Å². The highest BCUT2D eigenvalue weighted by Gasteiger charge is 2.25. The number of benzene rings is 1. The molecule has 144 valence electrons. The van der Waals surface area contributed by atoms with E-state index in [2.05, 4.69) is 15.5 Å². The molecule has 0 spiro atoms. The number of amides is 2. The molecule has 0 unspecified atom stereocenters. The first-order valence-corrected chi connectivity index (χ1v) is 9.59. The lowest BCUT2D eigenvalue weighted by molar-refractivity contribution is -0.121. The van der Waals surface area contributed by atoms with Crippen LogP contribution in [0.1, 0.15) is 41.4 Å². The summed E-state index contributed by atoms with van der Waals surface area (Å²) in [5, 5.41) is 6.29. The summed E-state index contributed by atoms with van der Waals surface area (Å²) in [6, 6.07) is 10.5. The molecule has 2 amide bonds. The number of hydrogen-bond donors (Lipinski definition) is 2. The fourth-order valence-electron chi connectivity index (χ4n) is 3.24. The van der Waals surface area contributed by atoms with Gasteiger partial charge >= 0.3 is 0 Å². The average Bonchev–Trinajstić information content (AvgIpc) is 3.37. The van der Waals surface area contributed by atoms with Crippen LogP contribution in [0.2, 0.25) is 5.02 Å². The van der Waals surface area contributed by atoms with Gasteiger partial charge in [0.1, 0.15) is 5.76 Å². The maximum atomic E-state index is 12.2. The zero-order valence-electron chi connectivity index (χ0n) is 15.1. The molecule has 6 nitrogen and oxygen atoms in total. The first-order chi connectivity index (χ1) is 13.1. The van der Waals surface area contributed by atoms with Gasteiger partial charge in [0.2, 0.25) is 5.91 Å². The second-order valence-electron chi connectivity index (χ2n) is 6.59. The SMILES string of the molecule is O=C(CCNC(=O)c1ccc(Cl)cc1)NC[C@@H](c1ccco1)N1CCCC1. The number of halogens is 1. The van der Waals surface area contributed by atoms with Crippen LogP contribution in [0.4, 0.5) is 0 Å². The summed E-state index contributed by atoms with van der Waals surface area (Å²) in [5.74, 6) is 0.556. The van der Waals surface area contributed by atoms with E-state index < -0.39 is 0 Å². The lowest BCUT2D eigenvalue weighted by Crippen LogP contribution is -2.37. The topological polar surface area (TPSA) is 74.6 Å². The molecule has 1 aromatic carbocycles. The minimum Gasteiger partial charge on any atom is -0.468 e. The highest BCUT2D eigenvalue weighted by molar-refractivity contribution is 6.30. The van der Waals surface area contributed by atoms with Gasteiger partial charge in [-0.3, -0.25) is 14.5 Å². The fourth-order valence-corrected chi connectivity index (χ4v) is 3.36. The van der Waals surface area contributed by atoms with Crippen LogP contribution in [-0.2, 0) is 4.79 Å². The summed E-state index contributed by atoms with van der Waals surface area (Å²) in [6.45, 7) is 2.80. The van der Waals surface area contributed by atoms with Crippen molar-refractivity contribution in [1.29, 1.82) is 0 Å². The molecular formula is C20H24ClN3O3. The number of carbonyl (C=O) groups is 2. The third-order valence-electron chi connectivity index (χ3n) is 4.69. The molecule has 1 aliphatic rings. The van der Waals surface area contributed by atoms with Crippen LogP contribution in [0.3, 0.4) is 0 Å². The van der Waals surface area contributed by atoms with E-state index in [1.165, 1.54) is 12.8 Å². The minimum absolute atomic E-state index is 0.0510. The fraction of sp³-hybridized carbons (Fsp3) is 0.400. The third-order valence-corrected chi connectivity index (χ3v) is 4.94. The molecule has 2 N–H and O–H groups in total. The first kappa shape index (κ1) is 19.5. The standard InChI is InChI=1S/C20H24ClN3O3/c21-16-7-5-15(6-8-16)20(26)22-10-9-19(25)23-14-17(18-4-3-13-27-18)24-11-1-2-12-24/h3-8,13,17H,1-2,9-12,14H2,(H,22,26)(H,23,25)/t17-/m0/s1. The van der Waals surface area contributed by atoms with E-state index in [1.54, 1.807) is 30.5 Å². The smallest absolute Gasteiger partial charge is 0.251 e. The van der Waals surface area contributed by atoms with Gasteiger partial charge in [0.25, 0.3) is 5.91 Å². The number of furan rings is 1. The van der Waals surface area contributed by atoms with Crippen LogP contribution in [0.5, 0.6) is 0 Å². The molecule has 2 heterocycles. The predicted octanol–water partition coefficient (Wildman–Crippen LogP) is 3.01. The van der Waals surface area contributed by atoms with Crippen molar-refractivity contribution in [1.82, 2.24) is 15.5 Å². The highest BCUT2D eigenvalue weighted by atomic mass is 35.5. The van der Waals surface area contributed by atoms with E-state index in [-0.39, 0.29) is 30.8 Å². The molecule has 0 aliphatic carbocycles. The van der Waals surface area contributed by atoms with Gasteiger partial charge in [-0.25, -0.2) is 0 Å². The molecule has 2 aromatic rings. The number of hydrogen-bond acceptors (Lipinski definition) is 4. The quantitative estimate of drug-likeness (QED) is 0.727. The molecule has 0 saturated carbocycles. The molecular weight excluding hydrogens is 366 g/mol. The summed E-state index contributed by atoms with van der Waals surface area (Å²) in [7, 11) is 0. The lowest BCUT2D eigenvalue weighted by atomic mass is 10.2. The molecule has 3 rings (SSSR count). The zero-order valence-corrected chi connectivity index (χ0v) is 15.9. The number of likely N-dealkylation sites (tertiary alicyclic amines) is 1. The van der Waals surface area contributed by atoms with E-state index in [4.69, 9.17) is 16.0 Å². The molecule has 0 radical (unpaired) electrons. The molecule has 1 saturated heterocycles. The van der Waals surface area contributed by atoms with Crippen LogP contribution >= 0.6 is 11.6 Å². The Morgan fingerprint density at radius 3 is 2.52 bits per heavy atom. The predicted molar refractivity (Wildman–Crippen MR) is 104 cm³/mol. The molecule has 1 aromatic heterocycles. The van der Waals surface area contributed by atoms with Gasteiger partial charge in [-0.05, 0) is 62.3 Å². The van der Waals surface area contributed by atoms with Crippen molar-refractivity contribution in [2.45, 2.75) is 25.3 Å². The Labute approximate surface area is 163 Å². The average molecular weight is 390 g/mol. The highest BCUT2D eigenvalue weighted by Crippen LogP contribution is 2.24. The van der Waals surface area contributed by atoms with Gasteiger partial charge in [-0.1, -0.05) is 11.6 Å². The first-order valence-electron chi connectivity index (χ1n) is 9.21. The number of rotatable bonds is 8. The summed E-state index contributed by atoms with van der Waals surface area (Å²) in [4.78, 5) is 26.5. The van der Waals surface area contributed by atoms with Crippen molar-refractivity contribution in [3.05, 3.63) is 59.0 Å². The van der Waals surface area contributed by atoms with Crippen molar-refractivity contribution < 1.29 is 14.0 Å². The maximum Gasteiger partial charge on any atom is 0.251 e. The molecule has 1 atom stereocenters. The summed E-state index contributed by atoms with van der Waals surface area (Å²) >= 11 is 5.81. The molecule has 1 fully saturated rings. The van der Waals surface area contributed by atoms with Crippen molar-refractivity contribution in [3.8, 4) is 0 Å². The Hall–Kier alpha value is -2.31. The van der Waals surface area contributed by atoms with Gasteiger partial charge in [0.15, 0.2) is 0 Å². The van der Waals surface area contributed by atoms with E-state index in [1.807, 2.05) is 12.1 Å². The normalized spacial score (nSPS) is 15.4. The van der Waals surface area contributed by atoms with E-state index in [9.17, 15) is 9.59 Å². The number of nitrogens with zero attached hydrogens (tertiary/aromatic N) is 1. The maximum absolute atomic E-state index is 12.2. The van der Waals surface area contributed by atoms with Crippen LogP contribution < -0.4 is 10.6 Å². The number of carbonyl (C=O) groups excluding carboxylic acids is 2. The van der Waals surface area contributed by atoms with E-state index >= 15 is 0 Å². The third kappa shape index (κ3) is 5.58. The van der Waals surface area contributed by atoms with Gasteiger partial charge in [-0.2, -0.15) is 0 Å². The Morgan fingerprint density at radius 2 is 1.85 bits per heavy atom. The largest absolute Gasteiger partial charge is 0.468 e. The van der Waals surface area contributed by atoms with Crippen molar-refractivity contribution >= 4 is 23.4 Å². The van der Waals surface area contributed by atoms with Gasteiger partial charge in [0.05, 0.1) is 12.3 Å². The Kier molecular flexibility index (Phi) is 6.90. The van der Waals surface area contributed by atoms with Crippen LogP contribution in [-0.4, -0.2) is 42.9 Å². The minimum atomic E-state index is -0.218. The second kappa shape index (κ2) is 9.58. The molecule has 0 bridgehead atoms. The van der Waals surface area contributed by atoms with E-state index in [0.717, 1.165) is 18.8 Å². The lowest BCUT2D eigenvalue weighted by Gasteiger charge is -2.26. The summed E-state index contributed by atoms with van der Waals surface area (Å²) in [6.07, 6.45) is 4.22. The Bertz CT molecular complexity index is 740. The van der Waals surface area contributed by atoms with Gasteiger partial charge < -0.3 is 15.1 Å². The Balaban J connectivity index is 1.43. The summed E-state index contributed by atoms with van der Waals surface area (Å²) in [5.41, 5.74) is 0.520. The zero-order chi connectivity index (χ0) is 19.1. The summed E-state index contributed by atoms with van der Waals surface area (Å²) < 4.78 is 5.55. The number of nitrogens with one attached hydrogen (secondary N) is 2. The molecule has 27 heavy (non-hydrogen) atoms. The van der Waals surface area contributed by atoms with Gasteiger partial charge in [-0.15, -0.1) is 0 Å². The monoisotopic (exact) mass is 389 g/mol.